The van der Waals surface area contributed by atoms with Crippen LogP contribution in [-0.2, 0) is 12.8 Å². The van der Waals surface area contributed by atoms with E-state index in [9.17, 15) is 0 Å². The fourth-order valence-corrected chi connectivity index (χ4v) is 4.18. The summed E-state index contributed by atoms with van der Waals surface area (Å²) < 4.78 is 0. The van der Waals surface area contributed by atoms with Gasteiger partial charge in [0, 0.05) is 6.42 Å². The van der Waals surface area contributed by atoms with Crippen LogP contribution in [0, 0.1) is 0 Å². The summed E-state index contributed by atoms with van der Waals surface area (Å²) in [6.45, 7) is 2.23. The van der Waals surface area contributed by atoms with Crippen molar-refractivity contribution in [3.63, 3.8) is 0 Å². The molecule has 2 heteroatoms. The molecule has 0 radical (unpaired) electrons. The van der Waals surface area contributed by atoms with E-state index in [1.165, 1.54) is 53.2 Å². The van der Waals surface area contributed by atoms with Crippen molar-refractivity contribution < 1.29 is 0 Å². The van der Waals surface area contributed by atoms with Crippen molar-refractivity contribution in [2.75, 3.05) is 0 Å². The van der Waals surface area contributed by atoms with Crippen LogP contribution in [0.1, 0.15) is 60.2 Å². The fraction of sp³-hybridized carbons (Fsp3) is 0.421. The SMILES string of the molecule is CCCc1nc(Cc2ccccc2)c(C2=CCCCC2)s1. The molecule has 0 aliphatic heterocycles. The van der Waals surface area contributed by atoms with Crippen molar-refractivity contribution in [3.05, 3.63) is 57.6 Å². The molecular formula is C19H23NS. The Kier molecular flexibility index (Phi) is 4.87. The number of thiazole rings is 1. The molecule has 1 aliphatic carbocycles. The highest BCUT2D eigenvalue weighted by molar-refractivity contribution is 7.12. The Bertz CT molecular complexity index is 610. The molecule has 0 saturated heterocycles. The Morgan fingerprint density at radius 1 is 1.14 bits per heavy atom. The maximum Gasteiger partial charge on any atom is 0.0934 e. The predicted octanol–water partition coefficient (Wildman–Crippen LogP) is 5.64. The van der Waals surface area contributed by atoms with Crippen LogP contribution in [-0.4, -0.2) is 4.98 Å². The van der Waals surface area contributed by atoms with Gasteiger partial charge in [0.25, 0.3) is 0 Å². The second-order valence-electron chi connectivity index (χ2n) is 5.77. The van der Waals surface area contributed by atoms with Crippen LogP contribution in [0.4, 0.5) is 0 Å². The number of rotatable bonds is 5. The van der Waals surface area contributed by atoms with Gasteiger partial charge in [-0.25, -0.2) is 4.98 Å². The first-order valence-corrected chi connectivity index (χ1v) is 8.90. The summed E-state index contributed by atoms with van der Waals surface area (Å²) in [7, 11) is 0. The second-order valence-corrected chi connectivity index (χ2v) is 6.85. The van der Waals surface area contributed by atoms with E-state index in [0.29, 0.717) is 0 Å². The van der Waals surface area contributed by atoms with Gasteiger partial charge in [-0.05, 0) is 49.7 Å². The normalized spacial score (nSPS) is 15.0. The lowest BCUT2D eigenvalue weighted by Gasteiger charge is -2.12. The number of aromatic nitrogens is 1. The molecule has 1 aromatic carbocycles. The van der Waals surface area contributed by atoms with E-state index >= 15 is 0 Å². The summed E-state index contributed by atoms with van der Waals surface area (Å²) in [5.74, 6) is 0. The highest BCUT2D eigenvalue weighted by atomic mass is 32.1. The van der Waals surface area contributed by atoms with E-state index in [4.69, 9.17) is 4.98 Å². The van der Waals surface area contributed by atoms with E-state index in [1.807, 2.05) is 11.3 Å². The first-order valence-electron chi connectivity index (χ1n) is 8.08. The lowest BCUT2D eigenvalue weighted by atomic mass is 9.96. The lowest BCUT2D eigenvalue weighted by molar-refractivity contribution is 0.742. The fourth-order valence-electron chi connectivity index (χ4n) is 2.93. The molecule has 3 rings (SSSR count). The highest BCUT2D eigenvalue weighted by Crippen LogP contribution is 2.34. The number of allylic oxidation sites excluding steroid dienone is 2. The molecule has 110 valence electrons. The standard InChI is InChI=1S/C19H23NS/c1-2-9-18-20-17(14-15-10-5-3-6-11-15)19(21-18)16-12-7-4-8-13-16/h3,5-6,10-12H,2,4,7-9,13-14H2,1H3. The van der Waals surface area contributed by atoms with E-state index < -0.39 is 0 Å². The molecule has 0 bridgehead atoms. The second kappa shape index (κ2) is 7.04. The van der Waals surface area contributed by atoms with Gasteiger partial charge >= 0.3 is 0 Å². The van der Waals surface area contributed by atoms with E-state index in [2.05, 4.69) is 43.3 Å². The van der Waals surface area contributed by atoms with Gasteiger partial charge in [0.05, 0.1) is 15.6 Å². The maximum atomic E-state index is 4.95. The van der Waals surface area contributed by atoms with Crippen molar-refractivity contribution >= 4 is 16.9 Å². The van der Waals surface area contributed by atoms with Crippen LogP contribution < -0.4 is 0 Å². The molecule has 0 atom stereocenters. The van der Waals surface area contributed by atoms with Crippen LogP contribution in [0.3, 0.4) is 0 Å². The zero-order valence-corrected chi connectivity index (χ0v) is 13.6. The highest BCUT2D eigenvalue weighted by Gasteiger charge is 2.16. The zero-order valence-electron chi connectivity index (χ0n) is 12.8. The Morgan fingerprint density at radius 3 is 2.71 bits per heavy atom. The molecule has 1 nitrogen and oxygen atoms in total. The van der Waals surface area contributed by atoms with Crippen LogP contribution in [0.2, 0.25) is 0 Å². The van der Waals surface area contributed by atoms with Gasteiger partial charge in [0.2, 0.25) is 0 Å². The monoisotopic (exact) mass is 297 g/mol. The molecule has 1 heterocycles. The number of nitrogens with zero attached hydrogens (tertiary/aromatic N) is 1. The summed E-state index contributed by atoms with van der Waals surface area (Å²) in [4.78, 5) is 6.41. The van der Waals surface area contributed by atoms with Crippen molar-refractivity contribution in [2.45, 2.75) is 51.9 Å². The summed E-state index contributed by atoms with van der Waals surface area (Å²) in [5, 5.41) is 1.31. The third-order valence-corrected chi connectivity index (χ3v) is 5.24. The quantitative estimate of drug-likeness (QED) is 0.695. The van der Waals surface area contributed by atoms with E-state index in [0.717, 1.165) is 12.8 Å². The number of hydrogen-bond donors (Lipinski definition) is 0. The Hall–Kier alpha value is -1.41. The van der Waals surface area contributed by atoms with Crippen molar-refractivity contribution in [2.24, 2.45) is 0 Å². The summed E-state index contributed by atoms with van der Waals surface area (Å²) in [6.07, 6.45) is 10.8. The van der Waals surface area contributed by atoms with Gasteiger partial charge in [0.15, 0.2) is 0 Å². The molecule has 1 aromatic heterocycles. The molecular weight excluding hydrogens is 274 g/mol. The van der Waals surface area contributed by atoms with Crippen molar-refractivity contribution in [1.82, 2.24) is 4.98 Å². The van der Waals surface area contributed by atoms with Crippen LogP contribution >= 0.6 is 11.3 Å². The van der Waals surface area contributed by atoms with Gasteiger partial charge in [0.1, 0.15) is 0 Å². The number of hydrogen-bond acceptors (Lipinski definition) is 2. The zero-order chi connectivity index (χ0) is 14.5. The smallest absolute Gasteiger partial charge is 0.0934 e. The summed E-state index contributed by atoms with van der Waals surface area (Å²) in [5.41, 5.74) is 4.21. The van der Waals surface area contributed by atoms with Gasteiger partial charge in [-0.3, -0.25) is 0 Å². The van der Waals surface area contributed by atoms with E-state index in [1.54, 1.807) is 5.57 Å². The first-order chi connectivity index (χ1) is 10.4. The minimum Gasteiger partial charge on any atom is -0.245 e. The maximum absolute atomic E-state index is 4.95. The minimum atomic E-state index is 0.966. The van der Waals surface area contributed by atoms with Gasteiger partial charge in [-0.1, -0.05) is 43.3 Å². The predicted molar refractivity (Wildman–Crippen MR) is 91.8 cm³/mol. The third kappa shape index (κ3) is 3.62. The van der Waals surface area contributed by atoms with Crippen molar-refractivity contribution in [3.8, 4) is 0 Å². The molecule has 21 heavy (non-hydrogen) atoms. The van der Waals surface area contributed by atoms with Gasteiger partial charge in [-0.15, -0.1) is 11.3 Å². The van der Waals surface area contributed by atoms with Crippen LogP contribution in [0.15, 0.2) is 36.4 Å². The lowest BCUT2D eigenvalue weighted by Crippen LogP contribution is -1.96. The third-order valence-electron chi connectivity index (χ3n) is 4.00. The molecule has 0 saturated carbocycles. The van der Waals surface area contributed by atoms with E-state index in [-0.39, 0.29) is 0 Å². The molecule has 2 aromatic rings. The molecule has 0 amide bonds. The number of benzene rings is 1. The topological polar surface area (TPSA) is 12.9 Å². The molecule has 0 unspecified atom stereocenters. The molecule has 1 aliphatic rings. The van der Waals surface area contributed by atoms with Gasteiger partial charge < -0.3 is 0 Å². The van der Waals surface area contributed by atoms with Crippen LogP contribution in [0.5, 0.6) is 0 Å². The largest absolute Gasteiger partial charge is 0.245 e. The number of aryl methyl sites for hydroxylation is 1. The van der Waals surface area contributed by atoms with Crippen LogP contribution in [0.25, 0.3) is 5.57 Å². The minimum absolute atomic E-state index is 0.966. The van der Waals surface area contributed by atoms with Crippen molar-refractivity contribution in [1.29, 1.82) is 0 Å². The Morgan fingerprint density at radius 2 is 2.00 bits per heavy atom. The molecule has 0 N–H and O–H groups in total. The Labute approximate surface area is 131 Å². The molecule has 0 spiro atoms. The summed E-state index contributed by atoms with van der Waals surface area (Å²) in [6, 6.07) is 10.7. The Balaban J connectivity index is 1.91. The average molecular weight is 297 g/mol. The molecule has 0 fully saturated rings. The van der Waals surface area contributed by atoms with Gasteiger partial charge in [-0.2, -0.15) is 0 Å². The first kappa shape index (κ1) is 14.5. The average Bonchev–Trinajstić information content (AvgIpc) is 2.92. The summed E-state index contributed by atoms with van der Waals surface area (Å²) >= 11 is 1.93.